The average Bonchev–Trinajstić information content (AvgIpc) is 2.66. The monoisotopic (exact) mass is 382 g/mol. The Balaban J connectivity index is 1.68. The Morgan fingerprint density at radius 1 is 1.30 bits per heavy atom. The van der Waals surface area contributed by atoms with Crippen molar-refractivity contribution in [1.29, 1.82) is 0 Å². The van der Waals surface area contributed by atoms with Crippen molar-refractivity contribution in [2.24, 2.45) is 5.73 Å². The van der Waals surface area contributed by atoms with Crippen LogP contribution in [0.3, 0.4) is 0 Å². The summed E-state index contributed by atoms with van der Waals surface area (Å²) in [7, 11) is 0. The first-order chi connectivity index (χ1) is 12.9. The van der Waals surface area contributed by atoms with Crippen LogP contribution in [0.25, 0.3) is 0 Å². The van der Waals surface area contributed by atoms with Gasteiger partial charge in [-0.2, -0.15) is 13.2 Å². The summed E-state index contributed by atoms with van der Waals surface area (Å²) in [6.07, 6.45) is -1.58. The van der Waals surface area contributed by atoms with Crippen molar-refractivity contribution in [3.63, 3.8) is 0 Å². The highest BCUT2D eigenvalue weighted by molar-refractivity contribution is 5.37. The second-order valence-corrected chi connectivity index (χ2v) is 6.28. The van der Waals surface area contributed by atoms with E-state index in [0.29, 0.717) is 43.5 Å². The second kappa shape index (κ2) is 8.10. The lowest BCUT2D eigenvalue weighted by molar-refractivity contribution is -0.138. The van der Waals surface area contributed by atoms with E-state index < -0.39 is 11.7 Å². The smallest absolute Gasteiger partial charge is 0.416 e. The molecule has 0 aliphatic carbocycles. The van der Waals surface area contributed by atoms with E-state index in [9.17, 15) is 13.2 Å². The van der Waals surface area contributed by atoms with Gasteiger partial charge in [-0.05, 0) is 18.6 Å². The molecule has 1 saturated heterocycles. The molecule has 1 atom stereocenters. The molecule has 1 aliphatic heterocycles. The van der Waals surface area contributed by atoms with E-state index in [1.54, 1.807) is 13.0 Å². The molecular formula is C18H21F3N4O2. The van der Waals surface area contributed by atoms with E-state index in [1.165, 1.54) is 18.5 Å². The summed E-state index contributed by atoms with van der Waals surface area (Å²) in [5, 5.41) is 0. The molecule has 6 nitrogen and oxygen atoms in total. The Morgan fingerprint density at radius 3 is 2.70 bits per heavy atom. The zero-order chi connectivity index (χ0) is 19.4. The van der Waals surface area contributed by atoms with E-state index in [0.717, 1.165) is 6.07 Å². The van der Waals surface area contributed by atoms with Gasteiger partial charge in [-0.1, -0.05) is 12.1 Å². The lowest BCUT2D eigenvalue weighted by Crippen LogP contribution is -2.46. The standard InChI is InChI=1S/C18H21F3N4O2/c1-12-3-2-4-16(18(19,20)21)15(12)11-27-14-8-23-17(24-9-14)25-5-6-26-13(7-22)10-25/h2-4,8-9,13H,5-7,10-11,22H2,1H3. The zero-order valence-corrected chi connectivity index (χ0v) is 14.9. The van der Waals surface area contributed by atoms with E-state index in [1.807, 2.05) is 4.90 Å². The highest BCUT2D eigenvalue weighted by Crippen LogP contribution is 2.33. The molecular weight excluding hydrogens is 361 g/mol. The summed E-state index contributed by atoms with van der Waals surface area (Å²) in [5.74, 6) is 0.815. The van der Waals surface area contributed by atoms with E-state index in [-0.39, 0.29) is 18.3 Å². The third kappa shape index (κ3) is 4.67. The topological polar surface area (TPSA) is 73.5 Å². The van der Waals surface area contributed by atoms with Gasteiger partial charge in [0.15, 0.2) is 5.75 Å². The number of ether oxygens (including phenoxy) is 2. The van der Waals surface area contributed by atoms with Crippen molar-refractivity contribution < 1.29 is 22.6 Å². The van der Waals surface area contributed by atoms with Crippen molar-refractivity contribution in [2.75, 3.05) is 31.1 Å². The first-order valence-corrected chi connectivity index (χ1v) is 8.55. The number of aryl methyl sites for hydroxylation is 1. The quantitative estimate of drug-likeness (QED) is 0.857. The summed E-state index contributed by atoms with van der Waals surface area (Å²) in [6.45, 7) is 3.60. The third-order valence-corrected chi connectivity index (χ3v) is 4.40. The van der Waals surface area contributed by atoms with Gasteiger partial charge in [-0.15, -0.1) is 0 Å². The highest BCUT2D eigenvalue weighted by atomic mass is 19.4. The molecule has 1 unspecified atom stereocenters. The molecule has 0 spiro atoms. The van der Waals surface area contributed by atoms with Crippen LogP contribution in [0.2, 0.25) is 0 Å². The van der Waals surface area contributed by atoms with Crippen LogP contribution < -0.4 is 15.4 Å². The van der Waals surface area contributed by atoms with Gasteiger partial charge in [0.05, 0.1) is 30.7 Å². The Kier molecular flexibility index (Phi) is 5.81. The van der Waals surface area contributed by atoms with Crippen LogP contribution in [-0.2, 0) is 17.5 Å². The number of anilines is 1. The minimum Gasteiger partial charge on any atom is -0.486 e. The predicted octanol–water partition coefficient (Wildman–Crippen LogP) is 2.55. The van der Waals surface area contributed by atoms with Gasteiger partial charge in [0.1, 0.15) is 6.61 Å². The minimum absolute atomic E-state index is 0.0693. The molecule has 2 heterocycles. The van der Waals surface area contributed by atoms with Gasteiger partial charge >= 0.3 is 6.18 Å². The van der Waals surface area contributed by atoms with Gasteiger partial charge in [0, 0.05) is 25.2 Å². The minimum atomic E-state index is -4.43. The van der Waals surface area contributed by atoms with Gasteiger partial charge in [0.2, 0.25) is 5.95 Å². The van der Waals surface area contributed by atoms with Crippen molar-refractivity contribution in [2.45, 2.75) is 25.8 Å². The maximum absolute atomic E-state index is 13.2. The highest BCUT2D eigenvalue weighted by Gasteiger charge is 2.33. The van der Waals surface area contributed by atoms with Crippen molar-refractivity contribution in [3.05, 3.63) is 47.3 Å². The molecule has 1 aliphatic rings. The Hall–Kier alpha value is -2.39. The number of halogens is 3. The number of morpholine rings is 1. The number of hydrogen-bond acceptors (Lipinski definition) is 6. The van der Waals surface area contributed by atoms with Crippen molar-refractivity contribution in [1.82, 2.24) is 9.97 Å². The molecule has 2 aromatic rings. The third-order valence-electron chi connectivity index (χ3n) is 4.40. The van der Waals surface area contributed by atoms with Crippen LogP contribution >= 0.6 is 0 Å². The van der Waals surface area contributed by atoms with Crippen LogP contribution in [0.15, 0.2) is 30.6 Å². The van der Waals surface area contributed by atoms with Gasteiger partial charge < -0.3 is 20.1 Å². The average molecular weight is 382 g/mol. The van der Waals surface area contributed by atoms with Crippen LogP contribution in [0.4, 0.5) is 19.1 Å². The molecule has 2 N–H and O–H groups in total. The molecule has 0 bridgehead atoms. The first kappa shape index (κ1) is 19.4. The molecule has 0 amide bonds. The molecule has 1 aromatic carbocycles. The number of nitrogens with zero attached hydrogens (tertiary/aromatic N) is 3. The van der Waals surface area contributed by atoms with Crippen LogP contribution in [0.1, 0.15) is 16.7 Å². The summed E-state index contributed by atoms with van der Waals surface area (Å²) in [6, 6.07) is 4.06. The molecule has 3 rings (SSSR count). The predicted molar refractivity (Wildman–Crippen MR) is 93.6 cm³/mol. The number of hydrogen-bond donors (Lipinski definition) is 1. The summed E-state index contributed by atoms with van der Waals surface area (Å²) >= 11 is 0. The fourth-order valence-electron chi connectivity index (χ4n) is 2.91. The second-order valence-electron chi connectivity index (χ2n) is 6.28. The number of alkyl halides is 3. The maximum Gasteiger partial charge on any atom is 0.416 e. The SMILES string of the molecule is Cc1cccc(C(F)(F)F)c1COc1cnc(N2CCOC(CN)C2)nc1. The molecule has 146 valence electrons. The molecule has 1 fully saturated rings. The van der Waals surface area contributed by atoms with Crippen molar-refractivity contribution in [3.8, 4) is 5.75 Å². The van der Waals surface area contributed by atoms with Gasteiger partial charge in [0.25, 0.3) is 0 Å². The van der Waals surface area contributed by atoms with Crippen molar-refractivity contribution >= 4 is 5.95 Å². The molecule has 1 aromatic heterocycles. The summed E-state index contributed by atoms with van der Waals surface area (Å²) < 4.78 is 50.5. The van der Waals surface area contributed by atoms with Crippen LogP contribution in [-0.4, -0.2) is 42.3 Å². The number of aromatic nitrogens is 2. The molecule has 9 heteroatoms. The number of rotatable bonds is 5. The fraction of sp³-hybridized carbons (Fsp3) is 0.444. The van der Waals surface area contributed by atoms with Gasteiger partial charge in [-0.25, -0.2) is 9.97 Å². The summed E-state index contributed by atoms with van der Waals surface area (Å²) in [5.41, 5.74) is 5.55. The summed E-state index contributed by atoms with van der Waals surface area (Å²) in [4.78, 5) is 10.4. The lowest BCUT2D eigenvalue weighted by Gasteiger charge is -2.32. The Labute approximate surface area is 155 Å². The van der Waals surface area contributed by atoms with Crippen LogP contribution in [0, 0.1) is 6.92 Å². The maximum atomic E-state index is 13.2. The van der Waals surface area contributed by atoms with Crippen LogP contribution in [0.5, 0.6) is 5.75 Å². The lowest BCUT2D eigenvalue weighted by atomic mass is 10.0. The molecule has 0 saturated carbocycles. The van der Waals surface area contributed by atoms with Gasteiger partial charge in [-0.3, -0.25) is 0 Å². The Bertz CT molecular complexity index is 768. The first-order valence-electron chi connectivity index (χ1n) is 8.55. The largest absolute Gasteiger partial charge is 0.486 e. The van der Waals surface area contributed by atoms with E-state index in [2.05, 4.69) is 9.97 Å². The Morgan fingerprint density at radius 2 is 2.04 bits per heavy atom. The zero-order valence-electron chi connectivity index (χ0n) is 14.9. The number of benzene rings is 1. The molecule has 27 heavy (non-hydrogen) atoms. The van der Waals surface area contributed by atoms with E-state index in [4.69, 9.17) is 15.2 Å². The number of nitrogens with two attached hydrogens (primary N) is 1. The normalized spacial score (nSPS) is 17.8. The fourth-order valence-corrected chi connectivity index (χ4v) is 2.91. The van der Waals surface area contributed by atoms with E-state index >= 15 is 0 Å². The molecule has 0 radical (unpaired) electrons.